The summed E-state index contributed by atoms with van der Waals surface area (Å²) >= 11 is 0. The molecular weight excluding hydrogens is 683 g/mol. The summed E-state index contributed by atoms with van der Waals surface area (Å²) in [6.07, 6.45) is 4.96. The Bertz CT molecular complexity index is 2430. The molecule has 2 atom stereocenters. The molecule has 0 radical (unpaired) electrons. The Balaban J connectivity index is 1.04. The van der Waals surface area contributed by atoms with Gasteiger partial charge < -0.3 is 15.4 Å². The summed E-state index contributed by atoms with van der Waals surface area (Å²) in [6.45, 7) is 8.58. The number of anilines is 1. The summed E-state index contributed by atoms with van der Waals surface area (Å²) in [5, 5.41) is 8.28. The van der Waals surface area contributed by atoms with Gasteiger partial charge in [-0.25, -0.2) is 4.79 Å². The Morgan fingerprint density at radius 2 is 1.85 bits per heavy atom. The average molecular weight is 726 g/mol. The normalized spacial score (nSPS) is 17.6. The second-order valence-corrected chi connectivity index (χ2v) is 14.9. The van der Waals surface area contributed by atoms with Crippen LogP contribution in [0.25, 0.3) is 22.3 Å². The lowest BCUT2D eigenvalue weighted by molar-refractivity contribution is -0.133. The van der Waals surface area contributed by atoms with Crippen molar-refractivity contribution in [2.75, 3.05) is 11.9 Å². The number of rotatable bonds is 7. The molecule has 0 aliphatic carbocycles. The van der Waals surface area contributed by atoms with Crippen LogP contribution in [-0.2, 0) is 23.7 Å². The number of pyridine rings is 2. The van der Waals surface area contributed by atoms with Gasteiger partial charge in [0.15, 0.2) is 0 Å². The minimum Gasteiger partial charge on any atom is -0.487 e. The number of carbonyl (C=O) groups excluding carboxylic acids is 3. The number of aryl methyl sites for hydroxylation is 2. The molecule has 12 heteroatoms. The molecule has 2 aliphatic heterocycles. The van der Waals surface area contributed by atoms with Gasteiger partial charge in [0, 0.05) is 67.3 Å². The third-order valence-corrected chi connectivity index (χ3v) is 10.1. The maximum absolute atomic E-state index is 12.9. The van der Waals surface area contributed by atoms with E-state index >= 15 is 0 Å². The van der Waals surface area contributed by atoms with Gasteiger partial charge >= 0.3 is 5.69 Å². The first kappa shape index (κ1) is 36.2. The molecule has 1 fully saturated rings. The summed E-state index contributed by atoms with van der Waals surface area (Å²) < 4.78 is 9.96. The van der Waals surface area contributed by atoms with Gasteiger partial charge in [0.2, 0.25) is 11.8 Å². The zero-order valence-corrected chi connectivity index (χ0v) is 31.2. The van der Waals surface area contributed by atoms with Gasteiger partial charge in [-0.05, 0) is 80.1 Å². The van der Waals surface area contributed by atoms with Crippen LogP contribution in [0.2, 0.25) is 0 Å². The molecule has 276 valence electrons. The lowest BCUT2D eigenvalue weighted by Gasteiger charge is -2.38. The summed E-state index contributed by atoms with van der Waals surface area (Å²) in [5.74, 6) is 6.00. The van der Waals surface area contributed by atoms with E-state index in [2.05, 4.69) is 72.6 Å². The molecule has 2 aromatic carbocycles. The van der Waals surface area contributed by atoms with Gasteiger partial charge in [-0.3, -0.25) is 38.8 Å². The van der Waals surface area contributed by atoms with Crippen LogP contribution in [-0.4, -0.2) is 55.0 Å². The maximum Gasteiger partial charge on any atom is 0.328 e. The number of imidazole rings is 1. The molecular formula is C42H43N7O5. The fraction of sp³-hybridized carbons (Fsp3) is 0.333. The van der Waals surface area contributed by atoms with E-state index in [1.54, 1.807) is 21.4 Å². The zero-order chi connectivity index (χ0) is 38.3. The van der Waals surface area contributed by atoms with Crippen LogP contribution < -0.4 is 26.4 Å². The van der Waals surface area contributed by atoms with E-state index < -0.39 is 11.6 Å². The fourth-order valence-corrected chi connectivity index (χ4v) is 7.30. The number of amides is 3. The number of imide groups is 1. The van der Waals surface area contributed by atoms with E-state index in [0.29, 0.717) is 23.4 Å². The van der Waals surface area contributed by atoms with Crippen LogP contribution in [0, 0.1) is 11.8 Å². The maximum atomic E-state index is 12.9. The largest absolute Gasteiger partial charge is 0.487 e. The number of nitrogens with one attached hydrogen (secondary N) is 3. The summed E-state index contributed by atoms with van der Waals surface area (Å²) in [7, 11) is 3.65. The predicted octanol–water partition coefficient (Wildman–Crippen LogP) is 5.15. The van der Waals surface area contributed by atoms with Crippen molar-refractivity contribution >= 4 is 34.4 Å². The summed E-state index contributed by atoms with van der Waals surface area (Å²) in [5.41, 5.74) is 7.70. The topological polar surface area (TPSA) is 149 Å². The fourth-order valence-electron chi connectivity index (χ4n) is 7.30. The lowest BCUT2D eigenvalue weighted by atomic mass is 9.79. The van der Waals surface area contributed by atoms with E-state index in [9.17, 15) is 19.2 Å². The second-order valence-electron chi connectivity index (χ2n) is 14.9. The number of hydrogen-bond donors (Lipinski definition) is 3. The predicted molar refractivity (Wildman–Crippen MR) is 206 cm³/mol. The number of hydrogen-bond acceptors (Lipinski definition) is 8. The number of fused-ring (bicyclic) bond motifs is 2. The molecule has 5 heterocycles. The highest BCUT2D eigenvalue weighted by atomic mass is 16.5. The Morgan fingerprint density at radius 3 is 2.59 bits per heavy atom. The zero-order valence-electron chi connectivity index (χ0n) is 31.2. The van der Waals surface area contributed by atoms with E-state index in [1.807, 2.05) is 56.7 Å². The summed E-state index contributed by atoms with van der Waals surface area (Å²) in [4.78, 5) is 58.5. The van der Waals surface area contributed by atoms with Crippen LogP contribution in [0.15, 0.2) is 71.8 Å². The van der Waals surface area contributed by atoms with Crippen LogP contribution >= 0.6 is 0 Å². The first-order valence-electron chi connectivity index (χ1n) is 18.1. The van der Waals surface area contributed by atoms with Gasteiger partial charge in [-0.15, -0.1) is 0 Å². The Morgan fingerprint density at radius 1 is 1.04 bits per heavy atom. The molecule has 7 rings (SSSR count). The quantitative estimate of drug-likeness (QED) is 0.154. The SMILES string of the molecule is CC(C)c1cc(C2CC(C)(C)Oc3cc(-c4ccc(C(=O)NCC#Cc5cccc(NC6CCC(=O)NC6=O)c5)nc4)ncc32)cc2c1n(C)c(=O)n2C. The van der Waals surface area contributed by atoms with Crippen molar-refractivity contribution in [2.45, 2.75) is 70.4 Å². The molecule has 0 spiro atoms. The van der Waals surface area contributed by atoms with Crippen LogP contribution in [0.3, 0.4) is 0 Å². The molecule has 12 nitrogen and oxygen atoms in total. The van der Waals surface area contributed by atoms with Crippen LogP contribution in [0.4, 0.5) is 5.69 Å². The van der Waals surface area contributed by atoms with Crippen LogP contribution in [0.5, 0.6) is 5.75 Å². The van der Waals surface area contributed by atoms with Gasteiger partial charge in [0.25, 0.3) is 5.91 Å². The molecule has 5 aromatic rings. The van der Waals surface area contributed by atoms with E-state index in [1.165, 1.54) is 0 Å². The molecule has 3 aromatic heterocycles. The highest BCUT2D eigenvalue weighted by Gasteiger charge is 2.36. The van der Waals surface area contributed by atoms with Gasteiger partial charge in [0.05, 0.1) is 23.3 Å². The monoisotopic (exact) mass is 725 g/mol. The van der Waals surface area contributed by atoms with Gasteiger partial charge in [0.1, 0.15) is 23.1 Å². The highest BCUT2D eigenvalue weighted by Crippen LogP contribution is 2.46. The molecule has 1 saturated heterocycles. The van der Waals surface area contributed by atoms with Crippen molar-refractivity contribution in [3.05, 3.63) is 105 Å². The Hall–Kier alpha value is -6.22. The van der Waals surface area contributed by atoms with E-state index in [-0.39, 0.29) is 53.9 Å². The molecule has 2 aliphatic rings. The van der Waals surface area contributed by atoms with Crippen molar-refractivity contribution < 1.29 is 19.1 Å². The second kappa shape index (κ2) is 14.3. The first-order chi connectivity index (χ1) is 25.8. The minimum atomic E-state index is -0.487. The van der Waals surface area contributed by atoms with E-state index in [4.69, 9.17) is 9.72 Å². The molecule has 54 heavy (non-hydrogen) atoms. The van der Waals surface area contributed by atoms with Crippen LogP contribution in [0.1, 0.15) is 91.5 Å². The Labute approximate surface area is 313 Å². The number of carbonyl (C=O) groups is 3. The third kappa shape index (κ3) is 7.22. The summed E-state index contributed by atoms with van der Waals surface area (Å²) in [6, 6.07) is 16.6. The smallest absolute Gasteiger partial charge is 0.328 e. The number of aromatic nitrogens is 4. The van der Waals surface area contributed by atoms with Crippen molar-refractivity contribution in [1.29, 1.82) is 0 Å². The van der Waals surface area contributed by atoms with Crippen molar-refractivity contribution in [3.8, 4) is 28.8 Å². The third-order valence-electron chi connectivity index (χ3n) is 10.1. The van der Waals surface area contributed by atoms with Gasteiger partial charge in [-0.1, -0.05) is 37.8 Å². The first-order valence-corrected chi connectivity index (χ1v) is 18.1. The highest BCUT2D eigenvalue weighted by molar-refractivity contribution is 6.01. The van der Waals surface area contributed by atoms with E-state index in [0.717, 1.165) is 45.5 Å². The molecule has 2 unspecified atom stereocenters. The van der Waals surface area contributed by atoms with Crippen molar-refractivity contribution in [1.82, 2.24) is 29.7 Å². The van der Waals surface area contributed by atoms with Crippen molar-refractivity contribution in [3.63, 3.8) is 0 Å². The Kier molecular flexibility index (Phi) is 9.58. The molecule has 0 bridgehead atoms. The molecule has 3 amide bonds. The standard InChI is InChI=1S/C42H43N7O5/c1-24(2)29-18-27(19-35-38(29)49(6)41(53)48(35)5)30-21-42(3,4)54-36-20-34(45-23-31(30)36)26-12-13-32(44-22-26)39(51)43-16-8-10-25-9-7-11-28(17-25)46-33-14-15-37(50)47-40(33)52/h7,9,11-13,17-20,22-24,30,33,46H,14-16,21H2,1-6H3,(H,43,51)(H,47,50,52). The number of nitrogens with zero attached hydrogens (tertiary/aromatic N) is 4. The van der Waals surface area contributed by atoms with Crippen molar-refractivity contribution in [2.24, 2.45) is 14.1 Å². The lowest BCUT2D eigenvalue weighted by Crippen LogP contribution is -2.47. The minimum absolute atomic E-state index is 0.00764. The number of ether oxygens (including phenoxy) is 1. The molecule has 0 saturated carbocycles. The number of piperidine rings is 1. The molecule has 3 N–H and O–H groups in total. The number of benzene rings is 2. The average Bonchev–Trinajstić information content (AvgIpc) is 3.36. The van der Waals surface area contributed by atoms with Gasteiger partial charge in [-0.2, -0.15) is 0 Å².